The van der Waals surface area contributed by atoms with Crippen LogP contribution >= 0.6 is 8.46 Å². The summed E-state index contributed by atoms with van der Waals surface area (Å²) in [7, 11) is 0.539. The maximum atomic E-state index is 10.9. The number of ether oxygens (including phenoxy) is 1. The van der Waals surface area contributed by atoms with Crippen molar-refractivity contribution < 1.29 is 19.2 Å². The molecule has 0 rings (SSSR count). The normalized spacial score (nSPS) is 16.0. The van der Waals surface area contributed by atoms with Crippen LogP contribution in [0, 0.1) is 5.92 Å². The molecule has 0 aromatic heterocycles. The van der Waals surface area contributed by atoms with Gasteiger partial charge in [0.2, 0.25) is 0 Å². The number of rotatable bonds is 6. The van der Waals surface area contributed by atoms with Crippen molar-refractivity contribution in [3.8, 4) is 0 Å². The molecule has 2 atom stereocenters. The van der Waals surface area contributed by atoms with E-state index < -0.39 is 19.6 Å². The molecule has 0 saturated heterocycles. The fraction of sp³-hybridized carbons (Fsp3) is 0.875. The van der Waals surface area contributed by atoms with Gasteiger partial charge in [0.25, 0.3) is 5.16 Å². The van der Waals surface area contributed by atoms with Crippen molar-refractivity contribution in [2.24, 2.45) is 5.92 Å². The second-order valence-corrected chi connectivity index (χ2v) is 4.68. The smallest absolute Gasteiger partial charge is 0.361 e. The zero-order valence-electron chi connectivity index (χ0n) is 8.16. The minimum Gasteiger partial charge on any atom is -0.478 e. The zero-order valence-corrected chi connectivity index (χ0v) is 9.16. The van der Waals surface area contributed by atoms with Crippen LogP contribution in [0.2, 0.25) is 0 Å². The van der Waals surface area contributed by atoms with Crippen LogP contribution < -0.4 is 0 Å². The van der Waals surface area contributed by atoms with Gasteiger partial charge in [-0.3, -0.25) is 0 Å². The van der Waals surface area contributed by atoms with Gasteiger partial charge in [-0.05, 0) is 5.92 Å². The van der Waals surface area contributed by atoms with Crippen LogP contribution in [-0.2, 0) is 14.1 Å². The van der Waals surface area contributed by atoms with Crippen LogP contribution in [0.25, 0.3) is 0 Å². The fourth-order valence-electron chi connectivity index (χ4n) is 1.27. The average Bonchev–Trinajstić information content (AvgIpc) is 2.02. The van der Waals surface area contributed by atoms with Crippen LogP contribution in [0.1, 0.15) is 20.3 Å². The van der Waals surface area contributed by atoms with Gasteiger partial charge in [0, 0.05) is 13.5 Å². The first kappa shape index (κ1) is 12.5. The second-order valence-electron chi connectivity index (χ2n) is 3.52. The summed E-state index contributed by atoms with van der Waals surface area (Å²) in [5.41, 5.74) is 0. The molecule has 4 nitrogen and oxygen atoms in total. The lowest BCUT2D eigenvalue weighted by molar-refractivity contribution is -0.142. The summed E-state index contributed by atoms with van der Waals surface area (Å²) in [5.74, 6) is -0.857. The third-order valence-electron chi connectivity index (χ3n) is 1.75. The van der Waals surface area contributed by atoms with Crippen molar-refractivity contribution >= 4 is 14.4 Å². The highest BCUT2D eigenvalue weighted by Gasteiger charge is 2.48. The topological polar surface area (TPSA) is 63.6 Å². The lowest BCUT2D eigenvalue weighted by atomic mass is 9.97. The Morgan fingerprint density at radius 2 is 2.15 bits per heavy atom. The molecule has 1 N–H and O–H groups in total. The number of aliphatic carboxylic acids is 1. The van der Waals surface area contributed by atoms with Gasteiger partial charge in [-0.2, -0.15) is 0 Å². The molecule has 0 aliphatic carbocycles. The largest absolute Gasteiger partial charge is 0.478 e. The summed E-state index contributed by atoms with van der Waals surface area (Å²) >= 11 is 0. The first-order chi connectivity index (χ1) is 5.98. The van der Waals surface area contributed by atoms with E-state index in [-0.39, 0.29) is 12.5 Å². The fourth-order valence-corrected chi connectivity index (χ4v) is 2.05. The zero-order chi connectivity index (χ0) is 10.5. The van der Waals surface area contributed by atoms with E-state index >= 15 is 0 Å². The van der Waals surface area contributed by atoms with Gasteiger partial charge in [0.15, 0.2) is 0 Å². The molecule has 0 fully saturated rings. The molecule has 0 amide bonds. The van der Waals surface area contributed by atoms with Gasteiger partial charge in [-0.1, -0.05) is 18.4 Å². The summed E-state index contributed by atoms with van der Waals surface area (Å²) in [5, 5.41) is 7.71. The van der Waals surface area contributed by atoms with Crippen LogP contribution in [0.3, 0.4) is 0 Å². The number of hydrogen-bond donors (Lipinski definition) is 1. The molecule has 0 aromatic rings. The summed E-state index contributed by atoms with van der Waals surface area (Å²) in [6.45, 7) is 3.80. The minimum absolute atomic E-state index is 0.00244. The van der Waals surface area contributed by atoms with Gasteiger partial charge in [-0.15, -0.1) is 0 Å². The predicted octanol–water partition coefficient (Wildman–Crippen LogP) is 1.53. The molecule has 0 saturated carbocycles. The molecule has 0 radical (unpaired) electrons. The average molecular weight is 207 g/mol. The molecule has 2 unspecified atom stereocenters. The summed E-state index contributed by atoms with van der Waals surface area (Å²) in [4.78, 5) is 10.9. The Morgan fingerprint density at radius 1 is 1.62 bits per heavy atom. The highest BCUT2D eigenvalue weighted by molar-refractivity contribution is 7.27. The van der Waals surface area contributed by atoms with E-state index in [0.29, 0.717) is 6.42 Å². The van der Waals surface area contributed by atoms with E-state index in [1.165, 1.54) is 7.11 Å². The Bertz CT molecular complexity index is 193. The van der Waals surface area contributed by atoms with Crippen molar-refractivity contribution in [2.45, 2.75) is 25.4 Å². The van der Waals surface area contributed by atoms with Gasteiger partial charge in [0.1, 0.15) is 6.61 Å². The molecule has 0 heterocycles. The molecule has 13 heavy (non-hydrogen) atoms. The van der Waals surface area contributed by atoms with E-state index in [1.807, 2.05) is 13.8 Å². The van der Waals surface area contributed by atoms with Crippen LogP contribution in [-0.4, -0.2) is 29.9 Å². The molecule has 76 valence electrons. The summed E-state index contributed by atoms with van der Waals surface area (Å²) in [6.07, 6.45) is 0.373. The van der Waals surface area contributed by atoms with E-state index in [0.717, 1.165) is 0 Å². The first-order valence-corrected chi connectivity index (χ1v) is 5.01. The van der Waals surface area contributed by atoms with Crippen LogP contribution in [0.5, 0.6) is 0 Å². The van der Waals surface area contributed by atoms with Crippen molar-refractivity contribution in [3.05, 3.63) is 0 Å². The lowest BCUT2D eigenvalue weighted by Crippen LogP contribution is -2.38. The number of methoxy groups -OCH3 is 1. The molecule has 0 aliphatic rings. The van der Waals surface area contributed by atoms with Crippen molar-refractivity contribution in [2.75, 3.05) is 13.7 Å². The number of hydrogen-bond acceptors (Lipinski definition) is 3. The Hall–Kier alpha value is -0.470. The molecular weight excluding hydrogens is 191 g/mol. The predicted molar refractivity (Wildman–Crippen MR) is 50.7 cm³/mol. The van der Waals surface area contributed by atoms with Gasteiger partial charge < -0.3 is 9.84 Å². The third-order valence-corrected chi connectivity index (χ3v) is 2.71. The standard InChI is InChI=1S/C8H15O4P/c1-6(2)4-8(13-11,5-12-3)7(9)10/h6H,4-5H2,1-3H3,(H,9,10)/p+1. The number of carboxylic acid groups (broad SMARTS) is 1. The Morgan fingerprint density at radius 3 is 2.38 bits per heavy atom. The highest BCUT2D eigenvalue weighted by atomic mass is 31.1. The van der Waals surface area contributed by atoms with E-state index in [1.54, 1.807) is 0 Å². The van der Waals surface area contributed by atoms with Gasteiger partial charge in [0.05, 0.1) is 0 Å². The Labute approximate surface area is 79.5 Å². The molecule has 5 heteroatoms. The highest BCUT2D eigenvalue weighted by Crippen LogP contribution is 2.31. The van der Waals surface area contributed by atoms with E-state index in [2.05, 4.69) is 0 Å². The number of carboxylic acids is 1. The maximum Gasteiger partial charge on any atom is 0.361 e. The van der Waals surface area contributed by atoms with Crippen molar-refractivity contribution in [3.63, 3.8) is 0 Å². The third kappa shape index (κ3) is 3.41. The van der Waals surface area contributed by atoms with Crippen LogP contribution in [0.15, 0.2) is 0 Å². The second kappa shape index (κ2) is 5.30. The molecule has 0 spiro atoms. The monoisotopic (exact) mass is 207 g/mol. The van der Waals surface area contributed by atoms with E-state index in [9.17, 15) is 9.36 Å². The maximum absolute atomic E-state index is 10.9. The summed E-state index contributed by atoms with van der Waals surface area (Å²) < 4.78 is 15.7. The Kier molecular flexibility index (Phi) is 5.11. The lowest BCUT2D eigenvalue weighted by Gasteiger charge is -2.17. The minimum atomic E-state index is -1.22. The quantitative estimate of drug-likeness (QED) is 0.671. The Balaban J connectivity index is 4.64. The number of carbonyl (C=O) groups is 1. The first-order valence-electron chi connectivity index (χ1n) is 4.10. The van der Waals surface area contributed by atoms with Gasteiger partial charge >= 0.3 is 14.4 Å². The summed E-state index contributed by atoms with van der Waals surface area (Å²) in [6, 6.07) is 0. The van der Waals surface area contributed by atoms with Gasteiger partial charge in [-0.25, -0.2) is 4.79 Å². The van der Waals surface area contributed by atoms with Crippen LogP contribution in [0.4, 0.5) is 0 Å². The van der Waals surface area contributed by atoms with Crippen molar-refractivity contribution in [1.29, 1.82) is 0 Å². The molecule has 0 aromatic carbocycles. The molecular formula is C8H16O4P+. The van der Waals surface area contributed by atoms with E-state index in [4.69, 9.17) is 9.84 Å². The molecule has 0 aliphatic heterocycles. The SMILES string of the molecule is COCC(CC(C)C)([PH+]=O)C(=O)O. The molecule has 0 bridgehead atoms. The van der Waals surface area contributed by atoms with Crippen molar-refractivity contribution in [1.82, 2.24) is 0 Å².